The maximum Gasteiger partial charge on any atom is 0.116 e. The third-order valence-corrected chi connectivity index (χ3v) is 0. The van der Waals surface area contributed by atoms with Crippen LogP contribution in [0.3, 0.4) is 0 Å². The van der Waals surface area contributed by atoms with Crippen LogP contribution in [0, 0.1) is 37.7 Å². The molecule has 0 radical (unpaired) electrons. The van der Waals surface area contributed by atoms with Crippen molar-refractivity contribution in [3.8, 4) is 0 Å². The molecule has 0 aromatic carbocycles. The summed E-state index contributed by atoms with van der Waals surface area (Å²) >= 11 is 0. The van der Waals surface area contributed by atoms with E-state index in [4.69, 9.17) is 4.79 Å². The Morgan fingerprint density at radius 2 is 1.75 bits per heavy atom. The second kappa shape index (κ2) is 9.32. The maximum atomic E-state index is 8.57. The van der Waals surface area contributed by atoms with Crippen molar-refractivity contribution < 1.29 is 42.5 Å². The zero-order valence-electron chi connectivity index (χ0n) is 1.97. The Hall–Kier alpha value is 0.710. The Morgan fingerprint density at radius 1 is 1.75 bits per heavy atom. The molecule has 0 bridgehead atoms. The molecule has 0 saturated heterocycles. The van der Waals surface area contributed by atoms with Crippen LogP contribution >= 0.6 is 0 Å². The summed E-state index contributed by atoms with van der Waals surface area (Å²) in [6.07, 6.45) is 0. The van der Waals surface area contributed by atoms with Crippen LogP contribution in [0.4, 0.5) is 0 Å². The van der Waals surface area contributed by atoms with E-state index in [-0.39, 0.29) is 37.7 Å². The smallest absolute Gasteiger partial charge is 0.116 e. The van der Waals surface area contributed by atoms with Gasteiger partial charge in [0.05, 0.1) is 0 Å². The fourth-order valence-electron chi connectivity index (χ4n) is 0. The van der Waals surface area contributed by atoms with Crippen LogP contribution in [-0.2, 0) is 4.79 Å². The van der Waals surface area contributed by atoms with Crippen molar-refractivity contribution in [3.05, 3.63) is 6.58 Å². The molecule has 0 aliphatic carbocycles. The van der Waals surface area contributed by atoms with Crippen molar-refractivity contribution in [1.82, 2.24) is 0 Å². The van der Waals surface area contributed by atoms with Crippen LogP contribution in [0.1, 0.15) is 0 Å². The molecule has 0 spiro atoms. The van der Waals surface area contributed by atoms with Gasteiger partial charge in [0, 0.05) is 37.7 Å². The van der Waals surface area contributed by atoms with Gasteiger partial charge < -0.3 is 0 Å². The van der Waals surface area contributed by atoms with Crippen molar-refractivity contribution in [2.24, 2.45) is 0 Å². The Kier molecular flexibility index (Phi) is 20.6. The quantitative estimate of drug-likeness (QED) is 0.376. The second-order valence-electron chi connectivity index (χ2n) is 0.144. The number of hydrogen-bond donors (Lipinski definition) is 0. The molecule has 2 heteroatoms. The van der Waals surface area contributed by atoms with Gasteiger partial charge >= 0.3 is 0 Å². The van der Waals surface area contributed by atoms with E-state index in [2.05, 4.69) is 6.58 Å². The van der Waals surface area contributed by atoms with Gasteiger partial charge in [-0.15, -0.1) is 0 Å². The van der Waals surface area contributed by atoms with Crippen LogP contribution in [0.5, 0.6) is 0 Å². The monoisotopic (exact) mass is 82.0 g/mol. The Labute approximate surface area is 54.7 Å². The molecule has 0 unspecified atom stereocenters. The van der Waals surface area contributed by atoms with Gasteiger partial charge in [-0.2, -0.15) is 0 Å². The molecular weight excluding hydrogens is 80.0 g/mol. The number of carbonyl (C=O) groups excluding carboxylic acids is 1. The molecule has 0 aliphatic rings. The molecule has 24 valence electrons. The second-order valence-corrected chi connectivity index (χ2v) is 0.144. The summed E-state index contributed by atoms with van der Waals surface area (Å²) in [4.78, 5) is 8.57. The summed E-state index contributed by atoms with van der Waals surface area (Å²) in [7, 11) is 0. The summed E-state index contributed by atoms with van der Waals surface area (Å²) in [6, 6.07) is 0. The average Bonchev–Trinajstić information content (AvgIpc) is 0.918. The van der Waals surface area contributed by atoms with Crippen molar-refractivity contribution in [3.63, 3.8) is 0 Å². The third-order valence-electron chi connectivity index (χ3n) is 0. The first-order valence-corrected chi connectivity index (χ1v) is 0.558. The minimum atomic E-state index is 0. The molecule has 0 amide bonds. The zero-order chi connectivity index (χ0) is 2.71. The maximum absolute atomic E-state index is 8.57. The van der Waals surface area contributed by atoms with E-state index >= 15 is 0 Å². The summed E-state index contributed by atoms with van der Waals surface area (Å²) in [5, 5.41) is 0. The molecule has 0 saturated carbocycles. The standard InChI is InChI=1S/C2H2O.Ar/c1-2-3;/h1H2;. The van der Waals surface area contributed by atoms with E-state index in [0.29, 0.717) is 0 Å². The molecule has 0 heterocycles. The van der Waals surface area contributed by atoms with E-state index in [1.54, 1.807) is 0 Å². The summed E-state index contributed by atoms with van der Waals surface area (Å²) in [5.41, 5.74) is 0. The van der Waals surface area contributed by atoms with Crippen molar-refractivity contribution in [1.29, 1.82) is 0 Å². The summed E-state index contributed by atoms with van der Waals surface area (Å²) in [5.74, 6) is 1.25. The minimum Gasteiger partial charge on any atom is -0.234 e. The van der Waals surface area contributed by atoms with Crippen LogP contribution in [0.15, 0.2) is 6.58 Å². The van der Waals surface area contributed by atoms with E-state index < -0.39 is 0 Å². The first-order chi connectivity index (χ1) is 1.41. The van der Waals surface area contributed by atoms with E-state index in [1.807, 2.05) is 0 Å². The van der Waals surface area contributed by atoms with Crippen LogP contribution in [0.25, 0.3) is 0 Å². The molecule has 0 aromatic heterocycles. The predicted molar refractivity (Wildman–Crippen MR) is 11.3 cm³/mol. The zero-order valence-corrected chi connectivity index (χ0v) is 2.68. The van der Waals surface area contributed by atoms with Gasteiger partial charge in [-0.1, -0.05) is 0 Å². The SMILES string of the molecule is C=C=O.[Ar]. The molecule has 0 aromatic rings. The van der Waals surface area contributed by atoms with Crippen molar-refractivity contribution in [2.45, 2.75) is 0 Å². The first-order valence-electron chi connectivity index (χ1n) is 0.558. The van der Waals surface area contributed by atoms with Gasteiger partial charge in [0.15, 0.2) is 0 Å². The van der Waals surface area contributed by atoms with Gasteiger partial charge in [0.2, 0.25) is 0 Å². The van der Waals surface area contributed by atoms with Gasteiger partial charge in [0.25, 0.3) is 0 Å². The molecular formula is C2H2ArO. The van der Waals surface area contributed by atoms with E-state index in [0.717, 1.165) is 0 Å². The molecule has 0 fully saturated rings. The number of rotatable bonds is 0. The Balaban J connectivity index is 0. The van der Waals surface area contributed by atoms with Gasteiger partial charge in [-0.3, -0.25) is 0 Å². The van der Waals surface area contributed by atoms with E-state index in [9.17, 15) is 0 Å². The first kappa shape index (κ1) is 8.83. The predicted octanol–water partition coefficient (Wildman–Crippen LogP) is 0.00400. The van der Waals surface area contributed by atoms with Crippen molar-refractivity contribution in [2.75, 3.05) is 0 Å². The van der Waals surface area contributed by atoms with Crippen LogP contribution in [-0.4, -0.2) is 5.94 Å². The topological polar surface area (TPSA) is 17.1 Å². The summed E-state index contributed by atoms with van der Waals surface area (Å²) < 4.78 is 0. The van der Waals surface area contributed by atoms with Gasteiger partial charge in [-0.05, 0) is 6.58 Å². The van der Waals surface area contributed by atoms with Gasteiger partial charge in [0.1, 0.15) is 5.94 Å². The number of hydrogen-bond acceptors (Lipinski definition) is 1. The van der Waals surface area contributed by atoms with Crippen LogP contribution in [0.2, 0.25) is 0 Å². The fraction of sp³-hybridized carbons (Fsp3) is 0. The third kappa shape index (κ3) is 15.7. The molecule has 0 atom stereocenters. The average molecular weight is 82.0 g/mol. The largest absolute Gasteiger partial charge is 0.234 e. The Morgan fingerprint density at radius 3 is 1.75 bits per heavy atom. The fourth-order valence-corrected chi connectivity index (χ4v) is 0. The molecule has 1 nitrogen and oxygen atoms in total. The Bertz CT molecular complexity index is 27.0. The molecule has 0 rings (SSSR count). The minimum absolute atomic E-state index is 0. The van der Waals surface area contributed by atoms with E-state index in [1.165, 1.54) is 5.94 Å². The molecule has 4 heavy (non-hydrogen) atoms. The van der Waals surface area contributed by atoms with Crippen LogP contribution < -0.4 is 0 Å². The molecule has 0 N–H and O–H groups in total. The van der Waals surface area contributed by atoms with Crippen molar-refractivity contribution >= 4 is 5.94 Å². The normalized spacial score (nSPS) is 2.00. The molecule has 0 aliphatic heterocycles. The van der Waals surface area contributed by atoms with Gasteiger partial charge in [-0.25, -0.2) is 4.79 Å². The summed E-state index contributed by atoms with van der Waals surface area (Å²) in [6.45, 7) is 2.68.